The summed E-state index contributed by atoms with van der Waals surface area (Å²) >= 11 is 0. The molecule has 1 saturated heterocycles. The number of halogens is 3. The molecule has 4 nitrogen and oxygen atoms in total. The summed E-state index contributed by atoms with van der Waals surface area (Å²) in [5.74, 6) is 0.137. The fourth-order valence-corrected chi connectivity index (χ4v) is 3.57. The molecule has 2 rings (SSSR count). The lowest BCUT2D eigenvalue weighted by Gasteiger charge is -2.32. The van der Waals surface area contributed by atoms with E-state index in [4.69, 9.17) is 0 Å². The predicted octanol–water partition coefficient (Wildman–Crippen LogP) is 2.58. The van der Waals surface area contributed by atoms with E-state index in [1.807, 2.05) is 0 Å². The lowest BCUT2D eigenvalue weighted by molar-refractivity contribution is -0.274. The van der Waals surface area contributed by atoms with Gasteiger partial charge in [0.1, 0.15) is 5.75 Å². The molecule has 0 radical (unpaired) electrons. The number of carbonyl (C=O) groups excluding carboxylic acids is 1. The molecule has 1 aromatic rings. The van der Waals surface area contributed by atoms with Gasteiger partial charge in [-0.25, -0.2) is 0 Å². The number of carbonyl (C=O) groups is 1. The molecule has 0 saturated carbocycles. The van der Waals surface area contributed by atoms with Crippen LogP contribution in [0.3, 0.4) is 0 Å². The molecule has 8 heteroatoms. The number of alkyl halides is 3. The highest BCUT2D eigenvalue weighted by molar-refractivity contribution is 7.85. The lowest BCUT2D eigenvalue weighted by atomic mass is 10.2. The zero-order valence-corrected chi connectivity index (χ0v) is 13.2. The molecule has 0 aromatic heterocycles. The van der Waals surface area contributed by atoms with Crippen molar-refractivity contribution in [1.82, 2.24) is 4.90 Å². The van der Waals surface area contributed by atoms with Gasteiger partial charge in [-0.05, 0) is 19.1 Å². The highest BCUT2D eigenvalue weighted by atomic mass is 32.2. The average molecular weight is 347 g/mol. The van der Waals surface area contributed by atoms with Crippen LogP contribution in [0.1, 0.15) is 12.5 Å². The first-order valence-electron chi connectivity index (χ1n) is 6.95. The van der Waals surface area contributed by atoms with Crippen molar-refractivity contribution in [2.24, 2.45) is 0 Å². The Hall–Kier alpha value is -1.83. The highest BCUT2D eigenvalue weighted by Crippen LogP contribution is 2.27. The standard InChI is InChI=1S/C15H16F3NO3S/c1-11-10-23(21)9-8-19(11)14(20)7-6-12-4-2-3-5-13(12)22-15(16,17)18/h2-7,11H,8-10H2,1H3/b7-6+/t11-,23-/m1/s1. The fraction of sp³-hybridized carbons (Fsp3) is 0.400. The summed E-state index contributed by atoms with van der Waals surface area (Å²) in [7, 11) is -0.926. The number of nitrogens with zero attached hydrogens (tertiary/aromatic N) is 1. The van der Waals surface area contributed by atoms with Crippen LogP contribution in [-0.4, -0.2) is 45.5 Å². The van der Waals surface area contributed by atoms with Crippen molar-refractivity contribution in [3.8, 4) is 5.75 Å². The Labute approximate surface area is 134 Å². The second kappa shape index (κ2) is 7.16. The smallest absolute Gasteiger partial charge is 0.405 e. The third-order valence-electron chi connectivity index (χ3n) is 3.35. The molecule has 1 amide bonds. The molecular weight excluding hydrogens is 331 g/mol. The summed E-state index contributed by atoms with van der Waals surface area (Å²) in [6.45, 7) is 2.17. The van der Waals surface area contributed by atoms with Crippen LogP contribution in [0.2, 0.25) is 0 Å². The number of hydrogen-bond acceptors (Lipinski definition) is 3. The first-order chi connectivity index (χ1) is 10.8. The van der Waals surface area contributed by atoms with E-state index >= 15 is 0 Å². The van der Waals surface area contributed by atoms with Crippen LogP contribution in [0.25, 0.3) is 6.08 Å². The Bertz CT molecular complexity index is 631. The minimum atomic E-state index is -4.79. The molecule has 0 bridgehead atoms. The van der Waals surface area contributed by atoms with E-state index in [-0.39, 0.29) is 23.3 Å². The normalized spacial score (nSPS) is 22.3. The molecule has 1 heterocycles. The summed E-state index contributed by atoms with van der Waals surface area (Å²) in [4.78, 5) is 13.7. The van der Waals surface area contributed by atoms with Gasteiger partial charge in [0.05, 0.1) is 0 Å². The van der Waals surface area contributed by atoms with Gasteiger partial charge in [-0.1, -0.05) is 18.2 Å². The van der Waals surface area contributed by atoms with Crippen LogP contribution in [0.4, 0.5) is 13.2 Å². The van der Waals surface area contributed by atoms with Crippen LogP contribution in [0.15, 0.2) is 30.3 Å². The minimum Gasteiger partial charge on any atom is -0.405 e. The minimum absolute atomic E-state index is 0.159. The Balaban J connectivity index is 2.11. The van der Waals surface area contributed by atoms with Gasteiger partial charge in [0.15, 0.2) is 0 Å². The molecule has 0 spiro atoms. The van der Waals surface area contributed by atoms with Gasteiger partial charge < -0.3 is 9.64 Å². The maximum absolute atomic E-state index is 12.3. The molecule has 1 aliphatic heterocycles. The van der Waals surface area contributed by atoms with Crippen LogP contribution in [0.5, 0.6) is 5.75 Å². The second-order valence-corrected chi connectivity index (χ2v) is 6.73. The van der Waals surface area contributed by atoms with Gasteiger partial charge in [0.25, 0.3) is 0 Å². The quantitative estimate of drug-likeness (QED) is 0.790. The van der Waals surface area contributed by atoms with Crippen molar-refractivity contribution in [3.63, 3.8) is 0 Å². The zero-order chi connectivity index (χ0) is 17.0. The predicted molar refractivity (Wildman–Crippen MR) is 81.2 cm³/mol. The van der Waals surface area contributed by atoms with E-state index in [1.54, 1.807) is 17.9 Å². The molecule has 1 aliphatic rings. The molecule has 1 fully saturated rings. The van der Waals surface area contributed by atoms with Crippen LogP contribution >= 0.6 is 0 Å². The first kappa shape index (κ1) is 17.5. The SMILES string of the molecule is C[C@@H]1C[S@](=O)CCN1C(=O)/C=C/c1ccccc1OC(F)(F)F. The van der Waals surface area contributed by atoms with Crippen molar-refractivity contribution in [2.45, 2.75) is 19.3 Å². The third kappa shape index (κ3) is 5.09. The number of para-hydroxylation sites is 1. The Kier molecular flexibility index (Phi) is 5.46. The van der Waals surface area contributed by atoms with E-state index in [0.717, 1.165) is 0 Å². The monoisotopic (exact) mass is 347 g/mol. The Morgan fingerprint density at radius 1 is 1.39 bits per heavy atom. The van der Waals surface area contributed by atoms with Crippen molar-refractivity contribution in [2.75, 3.05) is 18.1 Å². The molecule has 2 atom stereocenters. The number of hydrogen-bond donors (Lipinski definition) is 0. The third-order valence-corrected chi connectivity index (χ3v) is 4.84. The maximum Gasteiger partial charge on any atom is 0.573 e. The van der Waals surface area contributed by atoms with Gasteiger partial charge in [-0.15, -0.1) is 13.2 Å². The van der Waals surface area contributed by atoms with Gasteiger partial charge in [0, 0.05) is 46.5 Å². The molecule has 23 heavy (non-hydrogen) atoms. The van der Waals surface area contributed by atoms with Crippen LogP contribution in [-0.2, 0) is 15.6 Å². The maximum atomic E-state index is 12.3. The summed E-state index contributed by atoms with van der Waals surface area (Å²) in [5, 5.41) is 0. The Morgan fingerprint density at radius 2 is 2.09 bits per heavy atom. The highest BCUT2D eigenvalue weighted by Gasteiger charge is 2.31. The van der Waals surface area contributed by atoms with Crippen molar-refractivity contribution >= 4 is 22.8 Å². The molecule has 126 valence electrons. The molecule has 1 aromatic carbocycles. The van der Waals surface area contributed by atoms with Crippen molar-refractivity contribution in [1.29, 1.82) is 0 Å². The molecular formula is C15H16F3NO3S. The summed E-state index contributed by atoms with van der Waals surface area (Å²) in [6.07, 6.45) is -2.29. The molecule has 0 N–H and O–H groups in total. The number of rotatable bonds is 3. The van der Waals surface area contributed by atoms with Gasteiger partial charge in [-0.3, -0.25) is 9.00 Å². The number of amides is 1. The average Bonchev–Trinajstić information content (AvgIpc) is 2.44. The summed E-state index contributed by atoms with van der Waals surface area (Å²) < 4.78 is 52.4. The van der Waals surface area contributed by atoms with Gasteiger partial charge >= 0.3 is 6.36 Å². The topological polar surface area (TPSA) is 46.6 Å². The molecule has 0 unspecified atom stereocenters. The summed E-state index contributed by atoms with van der Waals surface area (Å²) in [6, 6.07) is 5.43. The largest absolute Gasteiger partial charge is 0.573 e. The van der Waals surface area contributed by atoms with E-state index in [1.165, 1.54) is 30.4 Å². The Morgan fingerprint density at radius 3 is 2.74 bits per heavy atom. The van der Waals surface area contributed by atoms with Gasteiger partial charge in [0.2, 0.25) is 5.91 Å². The van der Waals surface area contributed by atoms with Crippen LogP contribution in [0, 0.1) is 0 Å². The fourth-order valence-electron chi connectivity index (χ4n) is 2.28. The van der Waals surface area contributed by atoms with Crippen molar-refractivity contribution < 1.29 is 26.9 Å². The van der Waals surface area contributed by atoms with Crippen LogP contribution < -0.4 is 4.74 Å². The van der Waals surface area contributed by atoms with E-state index in [2.05, 4.69) is 4.74 Å². The van der Waals surface area contributed by atoms with E-state index < -0.39 is 17.2 Å². The lowest BCUT2D eigenvalue weighted by Crippen LogP contribution is -2.47. The molecule has 0 aliphatic carbocycles. The van der Waals surface area contributed by atoms with E-state index in [9.17, 15) is 22.2 Å². The first-order valence-corrected chi connectivity index (χ1v) is 8.43. The zero-order valence-electron chi connectivity index (χ0n) is 12.4. The van der Waals surface area contributed by atoms with Crippen molar-refractivity contribution in [3.05, 3.63) is 35.9 Å². The van der Waals surface area contributed by atoms with Gasteiger partial charge in [-0.2, -0.15) is 0 Å². The second-order valence-electron chi connectivity index (χ2n) is 5.11. The number of ether oxygens (including phenoxy) is 1. The number of benzene rings is 1. The summed E-state index contributed by atoms with van der Waals surface area (Å²) in [5.41, 5.74) is 0.159. The van der Waals surface area contributed by atoms with E-state index in [0.29, 0.717) is 18.1 Å².